The Labute approximate surface area is 66.0 Å². The second-order valence-electron chi connectivity index (χ2n) is 2.46. The topological polar surface area (TPSA) is 26.0 Å². The van der Waals surface area contributed by atoms with Gasteiger partial charge >= 0.3 is 0 Å². The zero-order chi connectivity index (χ0) is 8.57. The van der Waals surface area contributed by atoms with E-state index >= 15 is 0 Å². The van der Waals surface area contributed by atoms with Crippen molar-refractivity contribution in [1.82, 2.24) is 0 Å². The molecule has 0 heterocycles. The molecule has 64 valence electrons. The fourth-order valence-electron chi connectivity index (χ4n) is 0.705. The van der Waals surface area contributed by atoms with Crippen molar-refractivity contribution in [2.24, 2.45) is 11.7 Å². The van der Waals surface area contributed by atoms with Gasteiger partial charge in [-0.2, -0.15) is 0 Å². The van der Waals surface area contributed by atoms with Gasteiger partial charge in [0.25, 0.3) is 0 Å². The molecule has 10 heavy (non-hydrogen) atoms. The molecule has 2 unspecified atom stereocenters. The summed E-state index contributed by atoms with van der Waals surface area (Å²) in [6, 6.07) is 0.417. The van der Waals surface area contributed by atoms with Crippen LogP contribution in [-0.2, 0) is 0 Å². The molecule has 0 rings (SSSR count). The Bertz CT molecular complexity index is 44.7. The van der Waals surface area contributed by atoms with Gasteiger partial charge in [0.2, 0.25) is 0 Å². The summed E-state index contributed by atoms with van der Waals surface area (Å²) in [4.78, 5) is 0. The maximum Gasteiger partial charge on any atom is 0.00618 e. The summed E-state index contributed by atoms with van der Waals surface area (Å²) >= 11 is 0. The third kappa shape index (κ3) is 6.09. The molecule has 0 aromatic heterocycles. The lowest BCUT2D eigenvalue weighted by atomic mass is 9.98. The standard InChI is InChI=1S/C7H17N.C2H6/c1-4-6(3)7(8)5-2;1-2/h6-7H,4-5,8H2,1-3H3;1-2H3. The van der Waals surface area contributed by atoms with Crippen LogP contribution < -0.4 is 5.73 Å². The Morgan fingerprint density at radius 1 is 1.10 bits per heavy atom. The number of rotatable bonds is 3. The molecule has 0 aromatic carbocycles. The highest BCUT2D eigenvalue weighted by atomic mass is 14.6. The van der Waals surface area contributed by atoms with Gasteiger partial charge in [0.1, 0.15) is 0 Å². The maximum atomic E-state index is 5.73. The third-order valence-electron chi connectivity index (χ3n) is 1.85. The first-order valence-electron chi connectivity index (χ1n) is 4.47. The largest absolute Gasteiger partial charge is 0.327 e. The van der Waals surface area contributed by atoms with Crippen molar-refractivity contribution in [2.45, 2.75) is 53.5 Å². The Balaban J connectivity index is 0. The van der Waals surface area contributed by atoms with E-state index in [1.54, 1.807) is 0 Å². The van der Waals surface area contributed by atoms with E-state index in [0.717, 1.165) is 6.42 Å². The van der Waals surface area contributed by atoms with Crippen LogP contribution in [0.2, 0.25) is 0 Å². The van der Waals surface area contributed by atoms with Gasteiger partial charge in [-0.15, -0.1) is 0 Å². The van der Waals surface area contributed by atoms with Crippen molar-refractivity contribution in [2.75, 3.05) is 0 Å². The SMILES string of the molecule is CC.CCC(C)C(N)CC. The highest BCUT2D eigenvalue weighted by molar-refractivity contribution is 4.64. The first kappa shape index (κ1) is 12.6. The normalized spacial score (nSPS) is 15.0. The third-order valence-corrected chi connectivity index (χ3v) is 1.85. The van der Waals surface area contributed by atoms with Crippen LogP contribution in [0.15, 0.2) is 0 Å². The lowest BCUT2D eigenvalue weighted by Crippen LogP contribution is -2.26. The molecular weight excluding hydrogens is 122 g/mol. The average molecular weight is 145 g/mol. The van der Waals surface area contributed by atoms with E-state index in [9.17, 15) is 0 Å². The van der Waals surface area contributed by atoms with Crippen LogP contribution in [0.5, 0.6) is 0 Å². The van der Waals surface area contributed by atoms with E-state index < -0.39 is 0 Å². The molecule has 0 saturated carbocycles. The van der Waals surface area contributed by atoms with Crippen molar-refractivity contribution in [3.63, 3.8) is 0 Å². The molecule has 0 fully saturated rings. The fraction of sp³-hybridized carbons (Fsp3) is 1.00. The van der Waals surface area contributed by atoms with Crippen molar-refractivity contribution in [1.29, 1.82) is 0 Å². The molecule has 1 heteroatoms. The Morgan fingerprint density at radius 2 is 1.50 bits per heavy atom. The Morgan fingerprint density at radius 3 is 1.60 bits per heavy atom. The summed E-state index contributed by atoms with van der Waals surface area (Å²) in [5, 5.41) is 0. The zero-order valence-corrected chi connectivity index (χ0v) is 8.15. The second kappa shape index (κ2) is 8.96. The van der Waals surface area contributed by atoms with Crippen LogP contribution in [0.25, 0.3) is 0 Å². The summed E-state index contributed by atoms with van der Waals surface area (Å²) in [6.45, 7) is 10.5. The van der Waals surface area contributed by atoms with Gasteiger partial charge in [0.15, 0.2) is 0 Å². The van der Waals surface area contributed by atoms with Crippen LogP contribution >= 0.6 is 0 Å². The fourth-order valence-corrected chi connectivity index (χ4v) is 0.705. The van der Waals surface area contributed by atoms with Gasteiger partial charge in [-0.3, -0.25) is 0 Å². The Kier molecular flexibility index (Phi) is 11.3. The van der Waals surface area contributed by atoms with Crippen LogP contribution in [0, 0.1) is 5.92 Å². The Hall–Kier alpha value is -0.0400. The monoisotopic (exact) mass is 145 g/mol. The van der Waals surface area contributed by atoms with Crippen LogP contribution in [-0.4, -0.2) is 6.04 Å². The highest BCUT2D eigenvalue weighted by Crippen LogP contribution is 2.06. The van der Waals surface area contributed by atoms with E-state index in [1.807, 2.05) is 13.8 Å². The molecule has 0 spiro atoms. The quantitative estimate of drug-likeness (QED) is 0.649. The molecule has 0 aromatic rings. The second-order valence-corrected chi connectivity index (χ2v) is 2.46. The maximum absolute atomic E-state index is 5.73. The van der Waals surface area contributed by atoms with Crippen LogP contribution in [0.3, 0.4) is 0 Å². The first-order valence-corrected chi connectivity index (χ1v) is 4.47. The molecule has 0 aliphatic carbocycles. The van der Waals surface area contributed by atoms with Crippen molar-refractivity contribution >= 4 is 0 Å². The van der Waals surface area contributed by atoms with Gasteiger partial charge in [0.05, 0.1) is 0 Å². The smallest absolute Gasteiger partial charge is 0.00618 e. The lowest BCUT2D eigenvalue weighted by Gasteiger charge is -2.14. The lowest BCUT2D eigenvalue weighted by molar-refractivity contribution is 0.432. The molecule has 0 aliphatic heterocycles. The van der Waals surface area contributed by atoms with Crippen molar-refractivity contribution < 1.29 is 0 Å². The van der Waals surface area contributed by atoms with Crippen molar-refractivity contribution in [3.8, 4) is 0 Å². The average Bonchev–Trinajstić information content (AvgIpc) is 2.05. The summed E-state index contributed by atoms with van der Waals surface area (Å²) in [5.74, 6) is 0.694. The number of hydrogen-bond donors (Lipinski definition) is 1. The predicted molar refractivity (Wildman–Crippen MR) is 49.1 cm³/mol. The number of nitrogens with two attached hydrogens (primary N) is 1. The van der Waals surface area contributed by atoms with E-state index in [2.05, 4.69) is 20.8 Å². The first-order chi connectivity index (χ1) is 4.72. The van der Waals surface area contributed by atoms with Gasteiger partial charge in [-0.05, 0) is 12.3 Å². The van der Waals surface area contributed by atoms with E-state index in [0.29, 0.717) is 12.0 Å². The molecule has 2 N–H and O–H groups in total. The summed E-state index contributed by atoms with van der Waals surface area (Å²) < 4.78 is 0. The molecule has 0 radical (unpaired) electrons. The highest BCUT2D eigenvalue weighted by Gasteiger charge is 2.05. The van der Waals surface area contributed by atoms with E-state index in [1.165, 1.54) is 6.42 Å². The summed E-state index contributed by atoms with van der Waals surface area (Å²) in [5.41, 5.74) is 5.73. The minimum Gasteiger partial charge on any atom is -0.327 e. The van der Waals surface area contributed by atoms with Gasteiger partial charge < -0.3 is 5.73 Å². The molecule has 1 nitrogen and oxygen atoms in total. The van der Waals surface area contributed by atoms with E-state index in [-0.39, 0.29) is 0 Å². The molecule has 0 aliphatic rings. The minimum atomic E-state index is 0.417. The van der Waals surface area contributed by atoms with Gasteiger partial charge in [-0.1, -0.05) is 41.0 Å². The molecule has 0 amide bonds. The molecular formula is C9H23N. The minimum absolute atomic E-state index is 0.417. The van der Waals surface area contributed by atoms with E-state index in [4.69, 9.17) is 5.73 Å². The zero-order valence-electron chi connectivity index (χ0n) is 8.15. The van der Waals surface area contributed by atoms with Crippen LogP contribution in [0.4, 0.5) is 0 Å². The molecule has 0 bridgehead atoms. The van der Waals surface area contributed by atoms with Crippen molar-refractivity contribution in [3.05, 3.63) is 0 Å². The summed E-state index contributed by atoms with van der Waals surface area (Å²) in [6.07, 6.45) is 2.31. The van der Waals surface area contributed by atoms with Gasteiger partial charge in [0, 0.05) is 6.04 Å². The van der Waals surface area contributed by atoms with Crippen LogP contribution in [0.1, 0.15) is 47.5 Å². The molecule has 0 saturated heterocycles. The summed E-state index contributed by atoms with van der Waals surface area (Å²) in [7, 11) is 0. The van der Waals surface area contributed by atoms with Gasteiger partial charge in [-0.25, -0.2) is 0 Å². The molecule has 2 atom stereocenters. The predicted octanol–water partition coefficient (Wildman–Crippen LogP) is 2.80. The number of hydrogen-bond acceptors (Lipinski definition) is 1.